The highest BCUT2D eigenvalue weighted by molar-refractivity contribution is 5.87. The maximum absolute atomic E-state index is 11.4. The third-order valence-corrected chi connectivity index (χ3v) is 3.76. The third kappa shape index (κ3) is 3.51. The van der Waals surface area contributed by atoms with Crippen molar-refractivity contribution in [3.05, 3.63) is 54.4 Å². The summed E-state index contributed by atoms with van der Waals surface area (Å²) in [5.41, 5.74) is 8.65. The van der Waals surface area contributed by atoms with Gasteiger partial charge < -0.3 is 15.6 Å². The van der Waals surface area contributed by atoms with Gasteiger partial charge in [0.25, 0.3) is 0 Å². The number of nitrogens with zero attached hydrogens (tertiary/aromatic N) is 3. The Morgan fingerprint density at radius 3 is 2.72 bits per heavy atom. The number of pyridine rings is 1. The Kier molecular flexibility index (Phi) is 4.76. The molecule has 3 N–H and O–H groups in total. The highest BCUT2D eigenvalue weighted by Gasteiger charge is 2.15. The van der Waals surface area contributed by atoms with E-state index < -0.39 is 5.97 Å². The van der Waals surface area contributed by atoms with E-state index in [0.29, 0.717) is 18.8 Å². The van der Waals surface area contributed by atoms with Crippen molar-refractivity contribution in [2.45, 2.75) is 6.54 Å². The second kappa shape index (κ2) is 7.14. The van der Waals surface area contributed by atoms with Crippen LogP contribution in [0.2, 0.25) is 0 Å². The van der Waals surface area contributed by atoms with Gasteiger partial charge in [-0.2, -0.15) is 5.10 Å². The summed E-state index contributed by atoms with van der Waals surface area (Å²) in [6.07, 6.45) is 1.67. The monoisotopic (exact) mass is 338 g/mol. The molecule has 0 amide bonds. The predicted molar refractivity (Wildman–Crippen MR) is 93.5 cm³/mol. The largest absolute Gasteiger partial charge is 0.497 e. The first-order chi connectivity index (χ1) is 12.1. The molecule has 0 fully saturated rings. The molecular formula is C18H18N4O3. The van der Waals surface area contributed by atoms with Crippen LogP contribution in [0.3, 0.4) is 0 Å². The number of nitrogens with two attached hydrogens (primary N) is 1. The first kappa shape index (κ1) is 16.7. The highest BCUT2D eigenvalue weighted by atomic mass is 16.5. The molecule has 7 heteroatoms. The lowest BCUT2D eigenvalue weighted by Gasteiger charge is -2.05. The average Bonchev–Trinajstić information content (AvgIpc) is 3.06. The Morgan fingerprint density at radius 1 is 1.20 bits per heavy atom. The summed E-state index contributed by atoms with van der Waals surface area (Å²) in [5, 5.41) is 13.7. The van der Waals surface area contributed by atoms with Crippen LogP contribution in [-0.2, 0) is 6.54 Å². The van der Waals surface area contributed by atoms with Gasteiger partial charge in [0, 0.05) is 23.9 Å². The highest BCUT2D eigenvalue weighted by Crippen LogP contribution is 2.26. The molecule has 1 aromatic carbocycles. The van der Waals surface area contributed by atoms with Crippen molar-refractivity contribution in [2.24, 2.45) is 5.73 Å². The van der Waals surface area contributed by atoms with E-state index >= 15 is 0 Å². The van der Waals surface area contributed by atoms with Crippen LogP contribution in [0.4, 0.5) is 0 Å². The standard InChI is InChI=1S/C18H18N4O3/c1-25-14-4-2-3-12(9-14)15-10-13(5-7-20-15)16-11-17(18(23)24)22(21-16)8-6-19/h2-5,7,9-11H,6,8,19H2,1H3,(H,23,24). The van der Waals surface area contributed by atoms with Crippen LogP contribution >= 0.6 is 0 Å². The summed E-state index contributed by atoms with van der Waals surface area (Å²) in [7, 11) is 1.61. The van der Waals surface area contributed by atoms with E-state index in [0.717, 1.165) is 22.6 Å². The summed E-state index contributed by atoms with van der Waals surface area (Å²) in [6.45, 7) is 0.655. The number of benzene rings is 1. The fraction of sp³-hybridized carbons (Fsp3) is 0.167. The number of hydrogen-bond acceptors (Lipinski definition) is 5. The van der Waals surface area contributed by atoms with Crippen LogP contribution < -0.4 is 10.5 Å². The first-order valence-corrected chi connectivity index (χ1v) is 7.74. The van der Waals surface area contributed by atoms with E-state index in [1.165, 1.54) is 4.68 Å². The molecule has 3 rings (SSSR count). The molecule has 7 nitrogen and oxygen atoms in total. The van der Waals surface area contributed by atoms with E-state index in [4.69, 9.17) is 10.5 Å². The second-order valence-corrected chi connectivity index (χ2v) is 5.39. The SMILES string of the molecule is COc1cccc(-c2cc(-c3cc(C(=O)O)n(CCN)n3)ccn2)c1. The zero-order valence-corrected chi connectivity index (χ0v) is 13.7. The number of methoxy groups -OCH3 is 1. The minimum atomic E-state index is -1.03. The van der Waals surface area contributed by atoms with Crippen molar-refractivity contribution in [3.8, 4) is 28.3 Å². The van der Waals surface area contributed by atoms with Crippen LogP contribution in [0.1, 0.15) is 10.5 Å². The van der Waals surface area contributed by atoms with Gasteiger partial charge >= 0.3 is 5.97 Å². The van der Waals surface area contributed by atoms with Crippen LogP contribution in [0, 0.1) is 0 Å². The molecule has 0 unspecified atom stereocenters. The van der Waals surface area contributed by atoms with Gasteiger partial charge in [-0.15, -0.1) is 0 Å². The summed E-state index contributed by atoms with van der Waals surface area (Å²) >= 11 is 0. The van der Waals surface area contributed by atoms with E-state index in [-0.39, 0.29) is 5.69 Å². The zero-order chi connectivity index (χ0) is 17.8. The molecule has 2 heterocycles. The van der Waals surface area contributed by atoms with Crippen LogP contribution in [0.5, 0.6) is 5.75 Å². The summed E-state index contributed by atoms with van der Waals surface area (Å²) < 4.78 is 6.65. The number of aromatic carboxylic acids is 1. The summed E-state index contributed by atoms with van der Waals surface area (Å²) in [6, 6.07) is 12.8. The molecule has 0 saturated carbocycles. The fourth-order valence-corrected chi connectivity index (χ4v) is 2.55. The second-order valence-electron chi connectivity index (χ2n) is 5.39. The van der Waals surface area contributed by atoms with E-state index in [2.05, 4.69) is 10.1 Å². The lowest BCUT2D eigenvalue weighted by Crippen LogP contribution is -2.16. The Morgan fingerprint density at radius 2 is 2.00 bits per heavy atom. The van der Waals surface area contributed by atoms with Crippen LogP contribution in [0.25, 0.3) is 22.5 Å². The Bertz CT molecular complexity index is 905. The van der Waals surface area contributed by atoms with Crippen molar-refractivity contribution in [1.29, 1.82) is 0 Å². The Labute approximate surface area is 144 Å². The topological polar surface area (TPSA) is 103 Å². The molecule has 2 aromatic heterocycles. The molecule has 0 aliphatic heterocycles. The van der Waals surface area contributed by atoms with Crippen molar-refractivity contribution in [2.75, 3.05) is 13.7 Å². The molecule has 0 bridgehead atoms. The maximum atomic E-state index is 11.4. The third-order valence-electron chi connectivity index (χ3n) is 3.76. The van der Waals surface area contributed by atoms with Crippen molar-refractivity contribution < 1.29 is 14.6 Å². The molecule has 0 spiro atoms. The van der Waals surface area contributed by atoms with E-state index in [1.54, 1.807) is 25.4 Å². The van der Waals surface area contributed by atoms with Crippen molar-refractivity contribution in [3.63, 3.8) is 0 Å². The van der Waals surface area contributed by atoms with Gasteiger partial charge in [0.1, 0.15) is 11.4 Å². The number of ether oxygens (including phenoxy) is 1. The molecular weight excluding hydrogens is 320 g/mol. The number of carboxylic acid groups (broad SMARTS) is 1. The zero-order valence-electron chi connectivity index (χ0n) is 13.7. The van der Waals surface area contributed by atoms with Crippen molar-refractivity contribution >= 4 is 5.97 Å². The molecule has 0 radical (unpaired) electrons. The molecule has 128 valence electrons. The maximum Gasteiger partial charge on any atom is 0.354 e. The van der Waals surface area contributed by atoms with Gasteiger partial charge in [0.05, 0.1) is 25.0 Å². The number of aromatic nitrogens is 3. The Hall–Kier alpha value is -3.19. The lowest BCUT2D eigenvalue weighted by molar-refractivity contribution is 0.0683. The van der Waals surface area contributed by atoms with Crippen LogP contribution in [0.15, 0.2) is 48.7 Å². The van der Waals surface area contributed by atoms with Gasteiger partial charge in [0.2, 0.25) is 0 Å². The molecule has 25 heavy (non-hydrogen) atoms. The summed E-state index contributed by atoms with van der Waals surface area (Å²) in [5.74, 6) is -0.292. The van der Waals surface area contributed by atoms with Gasteiger partial charge in [-0.3, -0.25) is 9.67 Å². The van der Waals surface area contributed by atoms with Crippen molar-refractivity contribution in [1.82, 2.24) is 14.8 Å². The van der Waals surface area contributed by atoms with E-state index in [1.807, 2.05) is 30.3 Å². The average molecular weight is 338 g/mol. The molecule has 0 aliphatic rings. The number of carboxylic acids is 1. The molecule has 3 aromatic rings. The van der Waals surface area contributed by atoms with Gasteiger partial charge in [-0.05, 0) is 30.3 Å². The lowest BCUT2D eigenvalue weighted by atomic mass is 10.1. The first-order valence-electron chi connectivity index (χ1n) is 7.74. The quantitative estimate of drug-likeness (QED) is 0.715. The predicted octanol–water partition coefficient (Wildman–Crippen LogP) is 2.28. The smallest absolute Gasteiger partial charge is 0.354 e. The molecule has 0 atom stereocenters. The normalized spacial score (nSPS) is 10.6. The van der Waals surface area contributed by atoms with Gasteiger partial charge in [-0.1, -0.05) is 12.1 Å². The minimum Gasteiger partial charge on any atom is -0.497 e. The molecule has 0 aliphatic carbocycles. The van der Waals surface area contributed by atoms with Gasteiger partial charge in [0.15, 0.2) is 0 Å². The van der Waals surface area contributed by atoms with E-state index in [9.17, 15) is 9.90 Å². The number of carbonyl (C=O) groups is 1. The fourth-order valence-electron chi connectivity index (χ4n) is 2.55. The molecule has 0 saturated heterocycles. The Balaban J connectivity index is 2.01. The van der Waals surface area contributed by atoms with Gasteiger partial charge in [-0.25, -0.2) is 4.79 Å². The summed E-state index contributed by atoms with van der Waals surface area (Å²) in [4.78, 5) is 15.8. The number of hydrogen-bond donors (Lipinski definition) is 2. The minimum absolute atomic E-state index is 0.111. The number of rotatable bonds is 6. The van der Waals surface area contributed by atoms with Crippen LogP contribution in [-0.4, -0.2) is 39.5 Å².